The van der Waals surface area contributed by atoms with Crippen molar-refractivity contribution in [3.05, 3.63) is 11.5 Å². The SMILES string of the molecule is NNc1nc(Cl)c2[nH]cnc2n1. The van der Waals surface area contributed by atoms with Gasteiger partial charge >= 0.3 is 0 Å². The Kier molecular flexibility index (Phi) is 1.56. The monoisotopic (exact) mass is 184 g/mol. The lowest BCUT2D eigenvalue weighted by atomic mass is 10.5. The number of halogens is 1. The number of H-pyrrole nitrogens is 1. The molecule has 0 unspecified atom stereocenters. The molecule has 62 valence electrons. The normalized spacial score (nSPS) is 10.5. The molecule has 0 amide bonds. The zero-order valence-corrected chi connectivity index (χ0v) is 6.63. The van der Waals surface area contributed by atoms with Gasteiger partial charge in [0.15, 0.2) is 10.8 Å². The Morgan fingerprint density at radius 2 is 2.33 bits per heavy atom. The van der Waals surface area contributed by atoms with E-state index in [2.05, 4.69) is 25.4 Å². The van der Waals surface area contributed by atoms with Crippen LogP contribution in [0.1, 0.15) is 0 Å². The first-order valence-electron chi connectivity index (χ1n) is 3.14. The molecule has 7 heteroatoms. The molecular weight excluding hydrogens is 180 g/mol. The first kappa shape index (κ1) is 7.26. The Hall–Kier alpha value is -1.40. The third-order valence-corrected chi connectivity index (χ3v) is 1.64. The maximum atomic E-state index is 5.76. The summed E-state index contributed by atoms with van der Waals surface area (Å²) in [5.41, 5.74) is 3.39. The predicted molar refractivity (Wildman–Crippen MR) is 44.5 cm³/mol. The first-order chi connectivity index (χ1) is 5.81. The molecule has 0 radical (unpaired) electrons. The summed E-state index contributed by atoms with van der Waals surface area (Å²) in [6.45, 7) is 0. The Bertz CT molecular complexity index is 409. The third kappa shape index (κ3) is 0.973. The maximum absolute atomic E-state index is 5.76. The van der Waals surface area contributed by atoms with Crippen molar-refractivity contribution in [2.24, 2.45) is 5.84 Å². The quantitative estimate of drug-likeness (QED) is 0.337. The van der Waals surface area contributed by atoms with Gasteiger partial charge in [-0.3, -0.25) is 5.43 Å². The van der Waals surface area contributed by atoms with Crippen LogP contribution < -0.4 is 11.3 Å². The smallest absolute Gasteiger partial charge is 0.240 e. The van der Waals surface area contributed by atoms with E-state index in [-0.39, 0.29) is 5.95 Å². The van der Waals surface area contributed by atoms with Crippen molar-refractivity contribution in [3.8, 4) is 0 Å². The third-order valence-electron chi connectivity index (χ3n) is 1.37. The zero-order valence-electron chi connectivity index (χ0n) is 5.87. The van der Waals surface area contributed by atoms with Gasteiger partial charge < -0.3 is 4.98 Å². The van der Waals surface area contributed by atoms with Crippen molar-refractivity contribution in [2.45, 2.75) is 0 Å². The van der Waals surface area contributed by atoms with Crippen molar-refractivity contribution in [2.75, 3.05) is 5.43 Å². The molecule has 12 heavy (non-hydrogen) atoms. The van der Waals surface area contributed by atoms with Crippen molar-refractivity contribution < 1.29 is 0 Å². The summed E-state index contributed by atoms with van der Waals surface area (Å²) in [4.78, 5) is 14.5. The summed E-state index contributed by atoms with van der Waals surface area (Å²) >= 11 is 5.76. The van der Waals surface area contributed by atoms with Gasteiger partial charge in [0.1, 0.15) is 5.52 Å². The number of nitrogen functional groups attached to an aromatic ring is 1. The fourth-order valence-electron chi connectivity index (χ4n) is 0.862. The average Bonchev–Trinajstić information content (AvgIpc) is 2.52. The van der Waals surface area contributed by atoms with Gasteiger partial charge in [0.25, 0.3) is 0 Å². The Morgan fingerprint density at radius 1 is 1.50 bits per heavy atom. The van der Waals surface area contributed by atoms with Crippen LogP contribution >= 0.6 is 11.6 Å². The largest absolute Gasteiger partial charge is 0.341 e. The van der Waals surface area contributed by atoms with E-state index in [1.165, 1.54) is 6.33 Å². The van der Waals surface area contributed by atoms with Gasteiger partial charge in [-0.25, -0.2) is 10.8 Å². The fourth-order valence-corrected chi connectivity index (χ4v) is 1.08. The number of nitrogens with zero attached hydrogens (tertiary/aromatic N) is 3. The van der Waals surface area contributed by atoms with Gasteiger partial charge in [0, 0.05) is 0 Å². The molecule has 0 aromatic carbocycles. The lowest BCUT2D eigenvalue weighted by Crippen LogP contribution is -2.10. The van der Waals surface area contributed by atoms with Crippen LogP contribution in [0.2, 0.25) is 5.15 Å². The Labute approximate surface area is 72.1 Å². The highest BCUT2D eigenvalue weighted by molar-refractivity contribution is 6.33. The second kappa shape index (κ2) is 2.58. The van der Waals surface area contributed by atoms with Crippen LogP contribution in [-0.2, 0) is 0 Å². The van der Waals surface area contributed by atoms with Crippen LogP contribution in [0.25, 0.3) is 11.2 Å². The molecule has 4 N–H and O–H groups in total. The van der Waals surface area contributed by atoms with Gasteiger partial charge in [-0.15, -0.1) is 0 Å². The summed E-state index contributed by atoms with van der Waals surface area (Å²) < 4.78 is 0. The number of aromatic amines is 1. The average molecular weight is 185 g/mol. The fraction of sp³-hybridized carbons (Fsp3) is 0. The van der Waals surface area contributed by atoms with Crippen molar-refractivity contribution in [3.63, 3.8) is 0 Å². The van der Waals surface area contributed by atoms with E-state index in [0.717, 1.165) is 0 Å². The van der Waals surface area contributed by atoms with E-state index in [0.29, 0.717) is 16.3 Å². The summed E-state index contributed by atoms with van der Waals surface area (Å²) in [6.07, 6.45) is 1.49. The topological polar surface area (TPSA) is 92.5 Å². The number of fused-ring (bicyclic) bond motifs is 1. The van der Waals surface area contributed by atoms with Crippen molar-refractivity contribution in [1.29, 1.82) is 0 Å². The predicted octanol–water partition coefficient (Wildman–Crippen LogP) is 0.292. The molecular formula is C5H5ClN6. The molecule has 0 fully saturated rings. The molecule has 0 aliphatic rings. The molecule has 6 nitrogen and oxygen atoms in total. The van der Waals surface area contributed by atoms with Crippen LogP contribution in [0.3, 0.4) is 0 Å². The number of imidazole rings is 1. The van der Waals surface area contributed by atoms with Gasteiger partial charge in [0.2, 0.25) is 5.95 Å². The highest BCUT2D eigenvalue weighted by Gasteiger charge is 2.05. The Morgan fingerprint density at radius 3 is 3.08 bits per heavy atom. The van der Waals surface area contributed by atoms with Gasteiger partial charge in [-0.1, -0.05) is 11.6 Å². The molecule has 2 aromatic rings. The van der Waals surface area contributed by atoms with E-state index in [9.17, 15) is 0 Å². The number of nitrogens with one attached hydrogen (secondary N) is 2. The van der Waals surface area contributed by atoms with Crippen LogP contribution in [-0.4, -0.2) is 19.9 Å². The summed E-state index contributed by atoms with van der Waals surface area (Å²) in [5, 5.41) is 0.297. The van der Waals surface area contributed by atoms with Crippen molar-refractivity contribution >= 4 is 28.7 Å². The standard InChI is InChI=1S/C5H5ClN6/c6-3-2-4(9-1-8-2)11-5(10-3)12-7/h1H,7H2,(H2,8,9,10,11,12). The van der Waals surface area contributed by atoms with E-state index in [4.69, 9.17) is 17.4 Å². The van der Waals surface area contributed by atoms with E-state index >= 15 is 0 Å². The van der Waals surface area contributed by atoms with Crippen LogP contribution in [0.15, 0.2) is 6.33 Å². The summed E-state index contributed by atoms with van der Waals surface area (Å²) in [5.74, 6) is 5.36. The van der Waals surface area contributed by atoms with E-state index in [1.807, 2.05) is 0 Å². The number of anilines is 1. The minimum Gasteiger partial charge on any atom is -0.341 e. The molecule has 0 saturated heterocycles. The first-order valence-corrected chi connectivity index (χ1v) is 3.52. The highest BCUT2D eigenvalue weighted by atomic mass is 35.5. The van der Waals surface area contributed by atoms with Crippen molar-refractivity contribution in [1.82, 2.24) is 19.9 Å². The number of rotatable bonds is 1. The molecule has 2 aromatic heterocycles. The molecule has 0 saturated carbocycles. The molecule has 0 aliphatic heterocycles. The second-order valence-electron chi connectivity index (χ2n) is 2.08. The molecule has 2 heterocycles. The molecule has 0 atom stereocenters. The Balaban J connectivity index is 2.75. The lowest BCUT2D eigenvalue weighted by Gasteiger charge is -1.97. The molecule has 0 spiro atoms. The van der Waals surface area contributed by atoms with Crippen LogP contribution in [0.4, 0.5) is 5.95 Å². The number of nitrogens with two attached hydrogens (primary N) is 1. The molecule has 0 bridgehead atoms. The molecule has 2 rings (SSSR count). The second-order valence-corrected chi connectivity index (χ2v) is 2.44. The van der Waals surface area contributed by atoms with Crippen LogP contribution in [0.5, 0.6) is 0 Å². The minimum atomic E-state index is 0.250. The highest BCUT2D eigenvalue weighted by Crippen LogP contribution is 2.17. The van der Waals surface area contributed by atoms with E-state index in [1.54, 1.807) is 0 Å². The van der Waals surface area contributed by atoms with Gasteiger partial charge in [0.05, 0.1) is 6.33 Å². The van der Waals surface area contributed by atoms with Gasteiger partial charge in [-0.05, 0) is 0 Å². The summed E-state index contributed by atoms with van der Waals surface area (Å²) in [6, 6.07) is 0. The lowest BCUT2D eigenvalue weighted by molar-refractivity contribution is 1.14. The van der Waals surface area contributed by atoms with E-state index < -0.39 is 0 Å². The number of aromatic nitrogens is 4. The minimum absolute atomic E-state index is 0.250. The molecule has 0 aliphatic carbocycles. The maximum Gasteiger partial charge on any atom is 0.240 e. The number of hydrogen-bond acceptors (Lipinski definition) is 5. The zero-order chi connectivity index (χ0) is 8.55. The number of hydrazine groups is 1. The number of hydrogen-bond donors (Lipinski definition) is 3. The van der Waals surface area contributed by atoms with Crippen LogP contribution in [0, 0.1) is 0 Å². The van der Waals surface area contributed by atoms with Gasteiger partial charge in [-0.2, -0.15) is 9.97 Å². The summed E-state index contributed by atoms with van der Waals surface area (Å²) in [7, 11) is 0.